The molecule has 2 unspecified atom stereocenters. The predicted octanol–water partition coefficient (Wildman–Crippen LogP) is 3.77. The predicted molar refractivity (Wildman–Crippen MR) is 86.3 cm³/mol. The summed E-state index contributed by atoms with van der Waals surface area (Å²) in [6, 6.07) is 0. The van der Waals surface area contributed by atoms with Crippen molar-refractivity contribution in [1.82, 2.24) is 0 Å². The first-order chi connectivity index (χ1) is 8.92. The lowest BCUT2D eigenvalue weighted by Gasteiger charge is -2.33. The van der Waals surface area contributed by atoms with E-state index < -0.39 is 0 Å². The zero-order valence-electron chi connectivity index (χ0n) is 11.9. The van der Waals surface area contributed by atoms with Gasteiger partial charge in [-0.1, -0.05) is 46.9 Å². The molecule has 4 heteroatoms. The quantitative estimate of drug-likeness (QED) is 0.306. The van der Waals surface area contributed by atoms with E-state index in [4.69, 9.17) is 14.2 Å². The van der Waals surface area contributed by atoms with Crippen molar-refractivity contribution < 1.29 is 14.2 Å². The summed E-state index contributed by atoms with van der Waals surface area (Å²) in [5, 5.41) is 0. The fourth-order valence-electron chi connectivity index (χ4n) is 1.64. The van der Waals surface area contributed by atoms with Crippen LogP contribution in [0.1, 0.15) is 13.8 Å². The Morgan fingerprint density at radius 3 is 2.74 bits per heavy atom. The van der Waals surface area contributed by atoms with Gasteiger partial charge < -0.3 is 14.2 Å². The Balaban J connectivity index is 3.04. The van der Waals surface area contributed by atoms with Gasteiger partial charge in [-0.2, -0.15) is 0 Å². The number of methoxy groups -OCH3 is 2. The molecule has 0 fully saturated rings. The molecular weight excluding hydrogens is 355 g/mol. The largest absolute Gasteiger partial charge is 0.467 e. The Morgan fingerprint density at radius 2 is 2.21 bits per heavy atom. The molecule has 2 atom stereocenters. The molecular formula is C15H21IO3. The lowest BCUT2D eigenvalue weighted by atomic mass is 9.91. The van der Waals surface area contributed by atoms with E-state index in [0.717, 1.165) is 16.9 Å². The van der Waals surface area contributed by atoms with Crippen molar-refractivity contribution >= 4 is 22.6 Å². The van der Waals surface area contributed by atoms with Crippen LogP contribution < -0.4 is 0 Å². The van der Waals surface area contributed by atoms with E-state index in [1.165, 1.54) is 0 Å². The minimum absolute atomic E-state index is 0.198. The molecule has 0 amide bonds. The fourth-order valence-corrected chi connectivity index (χ4v) is 2.40. The van der Waals surface area contributed by atoms with Crippen LogP contribution in [0.3, 0.4) is 0 Å². The van der Waals surface area contributed by atoms with Crippen LogP contribution >= 0.6 is 22.6 Å². The molecule has 19 heavy (non-hydrogen) atoms. The number of halogens is 1. The van der Waals surface area contributed by atoms with E-state index in [-0.39, 0.29) is 16.3 Å². The SMILES string of the molecule is C=C(C)C=CC1=CC(C)(OC)C(I)C=C1OCOC. The molecule has 0 radical (unpaired) electrons. The molecule has 0 spiro atoms. The zero-order chi connectivity index (χ0) is 14.5. The number of hydrogen-bond donors (Lipinski definition) is 0. The van der Waals surface area contributed by atoms with Crippen LogP contribution in [0.25, 0.3) is 0 Å². The maximum Gasteiger partial charge on any atom is 0.188 e. The topological polar surface area (TPSA) is 27.7 Å². The highest BCUT2D eigenvalue weighted by Crippen LogP contribution is 2.34. The van der Waals surface area contributed by atoms with Crippen molar-refractivity contribution in [3.63, 3.8) is 0 Å². The van der Waals surface area contributed by atoms with Crippen LogP contribution in [0, 0.1) is 0 Å². The van der Waals surface area contributed by atoms with Crippen LogP contribution in [0.15, 0.2) is 47.8 Å². The maximum atomic E-state index is 5.61. The highest BCUT2D eigenvalue weighted by atomic mass is 127. The van der Waals surface area contributed by atoms with E-state index in [0.29, 0.717) is 0 Å². The third kappa shape index (κ3) is 4.47. The van der Waals surface area contributed by atoms with Gasteiger partial charge in [-0.3, -0.25) is 0 Å². The van der Waals surface area contributed by atoms with Gasteiger partial charge in [-0.25, -0.2) is 0 Å². The third-order valence-corrected chi connectivity index (χ3v) is 4.49. The van der Waals surface area contributed by atoms with Gasteiger partial charge in [0.2, 0.25) is 0 Å². The van der Waals surface area contributed by atoms with Crippen molar-refractivity contribution in [1.29, 1.82) is 0 Å². The fraction of sp³-hybridized carbons (Fsp3) is 0.467. The van der Waals surface area contributed by atoms with Crippen molar-refractivity contribution in [3.8, 4) is 0 Å². The highest BCUT2D eigenvalue weighted by molar-refractivity contribution is 14.1. The minimum atomic E-state index is -0.338. The molecule has 1 rings (SSSR count). The van der Waals surface area contributed by atoms with Gasteiger partial charge in [0.05, 0.1) is 9.53 Å². The molecule has 0 aromatic rings. The zero-order valence-corrected chi connectivity index (χ0v) is 14.1. The number of hydrogen-bond acceptors (Lipinski definition) is 3. The summed E-state index contributed by atoms with van der Waals surface area (Å²) in [5.74, 6) is 0.813. The van der Waals surface area contributed by atoms with Gasteiger partial charge in [0, 0.05) is 19.8 Å². The second-order valence-electron chi connectivity index (χ2n) is 4.65. The van der Waals surface area contributed by atoms with E-state index in [1.807, 2.05) is 19.1 Å². The molecule has 1 aliphatic rings. The first-order valence-corrected chi connectivity index (χ1v) is 7.27. The average molecular weight is 376 g/mol. The molecule has 0 aliphatic heterocycles. The molecule has 0 aromatic heterocycles. The number of allylic oxidation sites excluding steroid dienone is 3. The van der Waals surface area contributed by atoms with E-state index >= 15 is 0 Å². The van der Waals surface area contributed by atoms with Gasteiger partial charge in [0.25, 0.3) is 0 Å². The summed E-state index contributed by atoms with van der Waals surface area (Å²) in [5.41, 5.74) is 1.63. The summed E-state index contributed by atoms with van der Waals surface area (Å²) >= 11 is 2.35. The summed E-state index contributed by atoms with van der Waals surface area (Å²) in [6.07, 6.45) is 8.08. The van der Waals surface area contributed by atoms with Crippen LogP contribution in [0.2, 0.25) is 0 Å². The Kier molecular flexibility index (Phi) is 6.29. The monoisotopic (exact) mass is 376 g/mol. The lowest BCUT2D eigenvalue weighted by Crippen LogP contribution is -2.37. The standard InChI is InChI=1S/C15H21IO3/c1-11(2)6-7-12-9-15(3,18-5)14(16)8-13(12)19-10-17-4/h6-9,14H,1,10H2,2-5H3. The number of ether oxygens (including phenoxy) is 3. The Morgan fingerprint density at radius 1 is 1.53 bits per heavy atom. The molecule has 0 saturated heterocycles. The first kappa shape index (κ1) is 16.5. The molecule has 3 nitrogen and oxygen atoms in total. The van der Waals surface area contributed by atoms with Crippen LogP contribution in [0.5, 0.6) is 0 Å². The van der Waals surface area contributed by atoms with Crippen LogP contribution in [-0.2, 0) is 14.2 Å². The van der Waals surface area contributed by atoms with Crippen molar-refractivity contribution in [3.05, 3.63) is 47.8 Å². The maximum absolute atomic E-state index is 5.61. The normalized spacial score (nSPS) is 27.1. The Hall–Kier alpha value is -0.590. The summed E-state index contributed by atoms with van der Waals surface area (Å²) in [7, 11) is 3.33. The summed E-state index contributed by atoms with van der Waals surface area (Å²) in [6.45, 7) is 8.11. The molecule has 0 aromatic carbocycles. The van der Waals surface area contributed by atoms with Gasteiger partial charge in [0.15, 0.2) is 6.79 Å². The van der Waals surface area contributed by atoms with Crippen LogP contribution in [0.4, 0.5) is 0 Å². The molecule has 1 aliphatic carbocycles. The van der Waals surface area contributed by atoms with Crippen molar-refractivity contribution in [2.45, 2.75) is 23.4 Å². The Bertz CT molecular complexity index is 423. The summed E-state index contributed by atoms with van der Waals surface area (Å²) < 4.78 is 16.4. The van der Waals surface area contributed by atoms with E-state index in [2.05, 4.69) is 48.2 Å². The second-order valence-corrected chi connectivity index (χ2v) is 5.99. The lowest BCUT2D eigenvalue weighted by molar-refractivity contribution is 0.00471. The smallest absolute Gasteiger partial charge is 0.188 e. The average Bonchev–Trinajstić information content (AvgIpc) is 2.37. The highest BCUT2D eigenvalue weighted by Gasteiger charge is 2.34. The summed E-state index contributed by atoms with van der Waals surface area (Å²) in [4.78, 5) is 0. The van der Waals surface area contributed by atoms with E-state index in [1.54, 1.807) is 14.2 Å². The first-order valence-electron chi connectivity index (χ1n) is 6.02. The Labute approximate surface area is 129 Å². The van der Waals surface area contributed by atoms with E-state index in [9.17, 15) is 0 Å². The van der Waals surface area contributed by atoms with Gasteiger partial charge in [-0.15, -0.1) is 0 Å². The third-order valence-electron chi connectivity index (χ3n) is 2.89. The molecule has 0 bridgehead atoms. The molecule has 0 heterocycles. The van der Waals surface area contributed by atoms with Crippen LogP contribution in [-0.4, -0.2) is 30.5 Å². The van der Waals surface area contributed by atoms with Gasteiger partial charge in [-0.05, 0) is 26.0 Å². The van der Waals surface area contributed by atoms with Crippen molar-refractivity contribution in [2.75, 3.05) is 21.0 Å². The number of alkyl halides is 1. The number of rotatable bonds is 6. The molecule has 0 saturated carbocycles. The molecule has 0 N–H and O–H groups in total. The van der Waals surface area contributed by atoms with Gasteiger partial charge >= 0.3 is 0 Å². The second kappa shape index (κ2) is 7.26. The van der Waals surface area contributed by atoms with Gasteiger partial charge in [0.1, 0.15) is 5.76 Å². The molecule has 106 valence electrons. The van der Waals surface area contributed by atoms with Crippen molar-refractivity contribution in [2.24, 2.45) is 0 Å². The minimum Gasteiger partial charge on any atom is -0.467 e.